The van der Waals surface area contributed by atoms with Crippen LogP contribution in [0.2, 0.25) is 0 Å². The molecule has 1 amide bonds. The first-order valence-corrected chi connectivity index (χ1v) is 9.44. The maximum atomic E-state index is 12.5. The fraction of sp³-hybridized carbons (Fsp3) is 0.333. The highest BCUT2D eigenvalue weighted by molar-refractivity contribution is 5.95. The molecule has 7 heteroatoms. The molecule has 1 aliphatic rings. The fourth-order valence-corrected chi connectivity index (χ4v) is 3.14. The van der Waals surface area contributed by atoms with Crippen LogP contribution in [-0.4, -0.2) is 34.2 Å². The smallest absolute Gasteiger partial charge is 0.255 e. The normalized spacial score (nSPS) is 16.2. The van der Waals surface area contributed by atoms with Crippen molar-refractivity contribution < 1.29 is 14.1 Å². The number of ether oxygens (including phenoxy) is 1. The molecule has 7 nitrogen and oxygen atoms in total. The van der Waals surface area contributed by atoms with E-state index in [0.29, 0.717) is 30.2 Å². The number of aromatic nitrogens is 3. The lowest BCUT2D eigenvalue weighted by atomic mass is 10.0. The maximum absolute atomic E-state index is 12.5. The van der Waals surface area contributed by atoms with E-state index in [-0.39, 0.29) is 12.0 Å². The SMILES string of the molecule is Cc1ccc(-c2cccc(C(=O)NCCc3noc(C4CCCO4)n3)c2)cn1. The summed E-state index contributed by atoms with van der Waals surface area (Å²) >= 11 is 0. The Balaban J connectivity index is 1.34. The Hall–Kier alpha value is -3.06. The summed E-state index contributed by atoms with van der Waals surface area (Å²) in [4.78, 5) is 21.1. The molecule has 0 radical (unpaired) electrons. The molecule has 1 atom stereocenters. The van der Waals surface area contributed by atoms with Gasteiger partial charge in [-0.3, -0.25) is 9.78 Å². The van der Waals surface area contributed by atoms with Gasteiger partial charge in [-0.15, -0.1) is 0 Å². The summed E-state index contributed by atoms with van der Waals surface area (Å²) in [6.07, 6.45) is 4.15. The third kappa shape index (κ3) is 4.26. The third-order valence-corrected chi connectivity index (χ3v) is 4.69. The standard InChI is InChI=1S/C21H22N4O3/c1-14-7-8-17(13-23-14)15-4-2-5-16(12-15)20(26)22-10-9-19-24-21(28-25-19)18-6-3-11-27-18/h2,4-5,7-8,12-13,18H,3,6,9-11H2,1H3,(H,22,26). The van der Waals surface area contributed by atoms with Crippen LogP contribution in [-0.2, 0) is 11.2 Å². The Morgan fingerprint density at radius 2 is 2.18 bits per heavy atom. The van der Waals surface area contributed by atoms with Gasteiger partial charge in [-0.1, -0.05) is 23.4 Å². The number of nitrogens with zero attached hydrogens (tertiary/aromatic N) is 3. The van der Waals surface area contributed by atoms with Crippen LogP contribution in [0.4, 0.5) is 0 Å². The molecule has 3 heterocycles. The van der Waals surface area contributed by atoms with Gasteiger partial charge in [0.25, 0.3) is 11.8 Å². The number of nitrogens with one attached hydrogen (secondary N) is 1. The Labute approximate surface area is 163 Å². The van der Waals surface area contributed by atoms with Crippen molar-refractivity contribution in [2.24, 2.45) is 0 Å². The minimum absolute atomic E-state index is 0.0881. The van der Waals surface area contributed by atoms with Crippen LogP contribution in [0.5, 0.6) is 0 Å². The van der Waals surface area contributed by atoms with E-state index in [1.54, 1.807) is 6.07 Å². The lowest BCUT2D eigenvalue weighted by Gasteiger charge is -2.07. The second-order valence-electron chi connectivity index (χ2n) is 6.83. The molecule has 28 heavy (non-hydrogen) atoms. The van der Waals surface area contributed by atoms with Crippen molar-refractivity contribution in [1.29, 1.82) is 0 Å². The minimum atomic E-state index is -0.134. The van der Waals surface area contributed by atoms with Crippen LogP contribution < -0.4 is 5.32 Å². The Bertz CT molecular complexity index is 946. The van der Waals surface area contributed by atoms with E-state index in [1.165, 1.54) is 0 Å². The minimum Gasteiger partial charge on any atom is -0.368 e. The van der Waals surface area contributed by atoms with Gasteiger partial charge < -0.3 is 14.6 Å². The van der Waals surface area contributed by atoms with Gasteiger partial charge in [-0.25, -0.2) is 0 Å². The molecule has 0 aliphatic carbocycles. The molecule has 2 aromatic heterocycles. The van der Waals surface area contributed by atoms with E-state index >= 15 is 0 Å². The van der Waals surface area contributed by atoms with Crippen LogP contribution in [0, 0.1) is 6.92 Å². The van der Waals surface area contributed by atoms with Crippen molar-refractivity contribution >= 4 is 5.91 Å². The van der Waals surface area contributed by atoms with Crippen LogP contribution >= 0.6 is 0 Å². The molecule has 3 aromatic rings. The van der Waals surface area contributed by atoms with Crippen LogP contribution in [0.25, 0.3) is 11.1 Å². The second-order valence-corrected chi connectivity index (χ2v) is 6.83. The van der Waals surface area contributed by atoms with Gasteiger partial charge in [0, 0.05) is 42.6 Å². The molecule has 0 saturated carbocycles. The molecule has 1 N–H and O–H groups in total. The molecule has 1 saturated heterocycles. The zero-order chi connectivity index (χ0) is 19.3. The summed E-state index contributed by atoms with van der Waals surface area (Å²) in [6, 6.07) is 11.5. The highest BCUT2D eigenvalue weighted by Gasteiger charge is 2.23. The predicted octanol–water partition coefficient (Wildman–Crippen LogP) is 3.26. The largest absolute Gasteiger partial charge is 0.368 e. The van der Waals surface area contributed by atoms with Crippen molar-refractivity contribution in [3.63, 3.8) is 0 Å². The highest BCUT2D eigenvalue weighted by Crippen LogP contribution is 2.26. The molecule has 1 aliphatic heterocycles. The zero-order valence-electron chi connectivity index (χ0n) is 15.7. The van der Waals surface area contributed by atoms with Crippen molar-refractivity contribution in [1.82, 2.24) is 20.4 Å². The summed E-state index contributed by atoms with van der Waals surface area (Å²) in [5.74, 6) is 0.966. The average molecular weight is 378 g/mol. The predicted molar refractivity (Wildman–Crippen MR) is 103 cm³/mol. The van der Waals surface area contributed by atoms with Crippen LogP contribution in [0.3, 0.4) is 0 Å². The number of carbonyl (C=O) groups excluding carboxylic acids is 1. The number of aryl methyl sites for hydroxylation is 1. The van der Waals surface area contributed by atoms with Crippen LogP contribution in [0.1, 0.15) is 46.7 Å². The van der Waals surface area contributed by atoms with Gasteiger partial charge in [0.05, 0.1) is 0 Å². The quantitative estimate of drug-likeness (QED) is 0.708. The van der Waals surface area contributed by atoms with Crippen molar-refractivity contribution in [2.45, 2.75) is 32.3 Å². The molecule has 4 rings (SSSR count). The van der Waals surface area contributed by atoms with E-state index in [0.717, 1.165) is 36.3 Å². The molecular formula is C21H22N4O3. The second kappa shape index (κ2) is 8.31. The van der Waals surface area contributed by atoms with Gasteiger partial charge in [-0.05, 0) is 43.5 Å². The van der Waals surface area contributed by atoms with E-state index in [1.807, 2.05) is 43.5 Å². The number of benzene rings is 1. The van der Waals surface area contributed by atoms with E-state index in [9.17, 15) is 4.79 Å². The van der Waals surface area contributed by atoms with E-state index in [4.69, 9.17) is 9.26 Å². The van der Waals surface area contributed by atoms with E-state index < -0.39 is 0 Å². The number of hydrogen-bond acceptors (Lipinski definition) is 6. The summed E-state index contributed by atoms with van der Waals surface area (Å²) in [5, 5.41) is 6.87. The van der Waals surface area contributed by atoms with Crippen LogP contribution in [0.15, 0.2) is 47.1 Å². The summed E-state index contributed by atoms with van der Waals surface area (Å²) in [6.45, 7) is 3.11. The van der Waals surface area contributed by atoms with Crippen molar-refractivity contribution in [3.05, 3.63) is 65.6 Å². The maximum Gasteiger partial charge on any atom is 0.255 e. The monoisotopic (exact) mass is 378 g/mol. The Kier molecular flexibility index (Phi) is 5.43. The number of amides is 1. The summed E-state index contributed by atoms with van der Waals surface area (Å²) < 4.78 is 10.8. The van der Waals surface area contributed by atoms with Gasteiger partial charge in [0.2, 0.25) is 0 Å². The number of rotatable bonds is 6. The first-order chi connectivity index (χ1) is 13.7. The van der Waals surface area contributed by atoms with Gasteiger partial charge in [0.15, 0.2) is 5.82 Å². The average Bonchev–Trinajstić information content (AvgIpc) is 3.40. The first kappa shape index (κ1) is 18.3. The van der Waals surface area contributed by atoms with Gasteiger partial charge >= 0.3 is 0 Å². The topological polar surface area (TPSA) is 90.1 Å². The molecule has 1 unspecified atom stereocenters. The lowest BCUT2D eigenvalue weighted by Crippen LogP contribution is -2.26. The van der Waals surface area contributed by atoms with Crippen molar-refractivity contribution in [3.8, 4) is 11.1 Å². The molecular weight excluding hydrogens is 356 g/mol. The third-order valence-electron chi connectivity index (χ3n) is 4.69. The summed E-state index contributed by atoms with van der Waals surface area (Å²) in [5.41, 5.74) is 3.50. The number of pyridine rings is 1. The lowest BCUT2D eigenvalue weighted by molar-refractivity contribution is 0.0835. The molecule has 1 aromatic carbocycles. The van der Waals surface area contributed by atoms with Crippen molar-refractivity contribution in [2.75, 3.05) is 13.2 Å². The van der Waals surface area contributed by atoms with Gasteiger partial charge in [-0.2, -0.15) is 4.98 Å². The zero-order valence-corrected chi connectivity index (χ0v) is 15.7. The molecule has 1 fully saturated rings. The highest BCUT2D eigenvalue weighted by atomic mass is 16.5. The Morgan fingerprint density at radius 3 is 2.96 bits per heavy atom. The molecule has 0 bridgehead atoms. The fourth-order valence-electron chi connectivity index (χ4n) is 3.14. The van der Waals surface area contributed by atoms with E-state index in [2.05, 4.69) is 20.4 Å². The number of carbonyl (C=O) groups is 1. The molecule has 144 valence electrons. The number of hydrogen-bond donors (Lipinski definition) is 1. The molecule has 0 spiro atoms. The summed E-state index contributed by atoms with van der Waals surface area (Å²) in [7, 11) is 0. The first-order valence-electron chi connectivity index (χ1n) is 9.44. The Morgan fingerprint density at radius 1 is 1.25 bits per heavy atom. The van der Waals surface area contributed by atoms with Gasteiger partial charge in [0.1, 0.15) is 6.10 Å².